The predicted octanol–water partition coefficient (Wildman–Crippen LogP) is 11.9. The third-order valence-corrected chi connectivity index (χ3v) is 9.63. The highest BCUT2D eigenvalue weighted by Crippen LogP contribution is 2.55. The molecule has 0 bridgehead atoms. The maximum atomic E-state index is 13.9. The summed E-state index contributed by atoms with van der Waals surface area (Å²) < 4.78 is 27.9. The van der Waals surface area contributed by atoms with Crippen molar-refractivity contribution in [3.05, 3.63) is 138 Å². The van der Waals surface area contributed by atoms with E-state index in [9.17, 15) is 8.78 Å². The highest BCUT2D eigenvalue weighted by atomic mass is 19.1. The average Bonchev–Trinajstić information content (AvgIpc) is 3.23. The summed E-state index contributed by atoms with van der Waals surface area (Å²) in [5, 5.41) is 7.78. The van der Waals surface area contributed by atoms with E-state index in [4.69, 9.17) is 0 Å². The van der Waals surface area contributed by atoms with Crippen LogP contribution in [0.4, 0.5) is 25.8 Å². The summed E-state index contributed by atoms with van der Waals surface area (Å²) >= 11 is 0. The SMILES string of the molecule is CC(C)(C)c1cc2ccc3cc4c(c5ccc(c1)c2c35)-c1ccc(N(c2ccc(F)cc2)c2ccc(F)cc2)cc1C4(C)C. The Balaban J connectivity index is 1.36. The quantitative estimate of drug-likeness (QED) is 0.189. The number of benzene rings is 7. The van der Waals surface area contributed by atoms with Gasteiger partial charge in [0.25, 0.3) is 0 Å². The van der Waals surface area contributed by atoms with Crippen LogP contribution in [0.5, 0.6) is 0 Å². The van der Waals surface area contributed by atoms with E-state index in [0.29, 0.717) is 0 Å². The first-order chi connectivity index (χ1) is 21.0. The molecule has 0 atom stereocenters. The number of anilines is 3. The molecule has 1 aliphatic carbocycles. The van der Waals surface area contributed by atoms with Crippen LogP contribution in [0.15, 0.2) is 109 Å². The van der Waals surface area contributed by atoms with Gasteiger partial charge in [-0.3, -0.25) is 0 Å². The number of hydrogen-bond donors (Lipinski definition) is 0. The monoisotopic (exact) mass is 577 g/mol. The van der Waals surface area contributed by atoms with Crippen LogP contribution >= 0.6 is 0 Å². The van der Waals surface area contributed by atoms with Gasteiger partial charge in [0.1, 0.15) is 11.6 Å². The summed E-state index contributed by atoms with van der Waals surface area (Å²) in [6.07, 6.45) is 0. The highest BCUT2D eigenvalue weighted by Gasteiger charge is 2.38. The first-order valence-electron chi connectivity index (χ1n) is 15.2. The second-order valence-corrected chi connectivity index (χ2v) is 13.8. The zero-order valence-corrected chi connectivity index (χ0v) is 25.6. The van der Waals surface area contributed by atoms with Gasteiger partial charge in [-0.2, -0.15) is 0 Å². The number of fused-ring (bicyclic) bond motifs is 4. The van der Waals surface area contributed by atoms with Crippen LogP contribution < -0.4 is 4.90 Å². The fourth-order valence-electron chi connectivity index (χ4n) is 7.29. The molecule has 7 aromatic carbocycles. The van der Waals surface area contributed by atoms with Crippen molar-refractivity contribution in [2.45, 2.75) is 45.4 Å². The zero-order chi connectivity index (χ0) is 30.5. The standard InChI is InChI=1S/C41H33F2N/c1-40(2,3)27-20-24-6-7-26-22-36-39(34-18-8-25(21-27)37(24)38(26)34)33-19-17-32(23-35(33)41(36,4)5)44(30-13-9-28(42)10-14-30)31-15-11-29(43)12-16-31/h6-23H,1-5H3. The summed E-state index contributed by atoms with van der Waals surface area (Å²) in [5.41, 5.74) is 8.83. The van der Waals surface area contributed by atoms with E-state index < -0.39 is 0 Å². The van der Waals surface area contributed by atoms with Crippen molar-refractivity contribution >= 4 is 49.4 Å². The van der Waals surface area contributed by atoms with E-state index in [2.05, 4.69) is 100 Å². The highest BCUT2D eigenvalue weighted by molar-refractivity contribution is 6.26. The molecule has 0 N–H and O–H groups in total. The second-order valence-electron chi connectivity index (χ2n) is 13.8. The smallest absolute Gasteiger partial charge is 0.123 e. The molecule has 0 unspecified atom stereocenters. The van der Waals surface area contributed by atoms with Crippen molar-refractivity contribution in [2.75, 3.05) is 4.90 Å². The molecule has 7 aromatic rings. The summed E-state index contributed by atoms with van der Waals surface area (Å²) in [5.74, 6) is -0.588. The minimum absolute atomic E-state index is 0.0715. The summed E-state index contributed by atoms with van der Waals surface area (Å²) in [4.78, 5) is 2.06. The molecule has 0 aromatic heterocycles. The van der Waals surface area contributed by atoms with Gasteiger partial charge in [0.2, 0.25) is 0 Å². The molecule has 1 aliphatic rings. The van der Waals surface area contributed by atoms with Gasteiger partial charge in [-0.1, -0.05) is 77.1 Å². The lowest BCUT2D eigenvalue weighted by Gasteiger charge is -2.28. The average molecular weight is 578 g/mol. The largest absolute Gasteiger partial charge is 0.310 e. The van der Waals surface area contributed by atoms with Gasteiger partial charge >= 0.3 is 0 Å². The Morgan fingerprint density at radius 2 is 1.07 bits per heavy atom. The molecule has 0 saturated carbocycles. The van der Waals surface area contributed by atoms with Gasteiger partial charge < -0.3 is 4.90 Å². The molecular weight excluding hydrogens is 544 g/mol. The third-order valence-electron chi connectivity index (χ3n) is 9.63. The maximum absolute atomic E-state index is 13.9. The Labute approximate surface area is 256 Å². The fourth-order valence-corrected chi connectivity index (χ4v) is 7.29. The molecular formula is C41H33F2N. The lowest BCUT2D eigenvalue weighted by atomic mass is 9.80. The number of nitrogens with zero attached hydrogens (tertiary/aromatic N) is 1. The lowest BCUT2D eigenvalue weighted by molar-refractivity contribution is 0.591. The molecule has 216 valence electrons. The van der Waals surface area contributed by atoms with Gasteiger partial charge in [-0.15, -0.1) is 0 Å². The van der Waals surface area contributed by atoms with Gasteiger partial charge in [0, 0.05) is 22.5 Å². The van der Waals surface area contributed by atoms with Crippen molar-refractivity contribution in [1.82, 2.24) is 0 Å². The molecule has 44 heavy (non-hydrogen) atoms. The minimum Gasteiger partial charge on any atom is -0.310 e. The first-order valence-corrected chi connectivity index (χ1v) is 15.2. The molecule has 0 radical (unpaired) electrons. The summed E-state index contributed by atoms with van der Waals surface area (Å²) in [7, 11) is 0. The zero-order valence-electron chi connectivity index (χ0n) is 25.6. The Morgan fingerprint density at radius 1 is 0.545 bits per heavy atom. The van der Waals surface area contributed by atoms with Crippen molar-refractivity contribution in [1.29, 1.82) is 0 Å². The Morgan fingerprint density at radius 3 is 1.64 bits per heavy atom. The van der Waals surface area contributed by atoms with E-state index in [0.717, 1.165) is 17.1 Å². The van der Waals surface area contributed by atoms with E-state index >= 15 is 0 Å². The molecule has 0 heterocycles. The van der Waals surface area contributed by atoms with Gasteiger partial charge in [0.15, 0.2) is 0 Å². The van der Waals surface area contributed by atoms with Gasteiger partial charge in [0.05, 0.1) is 0 Å². The number of rotatable bonds is 3. The first kappa shape index (κ1) is 26.8. The van der Waals surface area contributed by atoms with Crippen LogP contribution in [0.2, 0.25) is 0 Å². The van der Waals surface area contributed by atoms with E-state index in [-0.39, 0.29) is 22.5 Å². The Kier molecular flexibility index (Phi) is 5.56. The van der Waals surface area contributed by atoms with Crippen molar-refractivity contribution in [3.63, 3.8) is 0 Å². The number of hydrogen-bond acceptors (Lipinski definition) is 1. The lowest BCUT2D eigenvalue weighted by Crippen LogP contribution is -2.16. The second kappa shape index (κ2) is 9.12. The molecule has 0 spiro atoms. The van der Waals surface area contributed by atoms with Crippen LogP contribution in [-0.4, -0.2) is 0 Å². The normalized spacial score (nSPS) is 14.0. The maximum Gasteiger partial charge on any atom is 0.123 e. The predicted molar refractivity (Wildman–Crippen MR) is 181 cm³/mol. The molecule has 1 nitrogen and oxygen atoms in total. The van der Waals surface area contributed by atoms with Crippen molar-refractivity contribution < 1.29 is 8.78 Å². The molecule has 0 fully saturated rings. The molecule has 0 aliphatic heterocycles. The Hall–Kier alpha value is -4.76. The van der Waals surface area contributed by atoms with Crippen molar-refractivity contribution in [2.24, 2.45) is 0 Å². The Bertz CT molecular complexity index is 2170. The van der Waals surface area contributed by atoms with Crippen LogP contribution in [0, 0.1) is 11.6 Å². The van der Waals surface area contributed by atoms with E-state index in [1.165, 1.54) is 84.4 Å². The fraction of sp³-hybridized carbons (Fsp3) is 0.171. The van der Waals surface area contributed by atoms with E-state index in [1.807, 2.05) is 0 Å². The molecule has 3 heteroatoms. The van der Waals surface area contributed by atoms with Crippen LogP contribution in [0.25, 0.3) is 43.4 Å². The van der Waals surface area contributed by atoms with Crippen LogP contribution in [0.1, 0.15) is 51.3 Å². The summed E-state index contributed by atoms with van der Waals surface area (Å²) in [6, 6.07) is 35.8. The number of halogens is 2. The summed E-state index contributed by atoms with van der Waals surface area (Å²) in [6.45, 7) is 11.4. The van der Waals surface area contributed by atoms with Crippen LogP contribution in [-0.2, 0) is 10.8 Å². The van der Waals surface area contributed by atoms with E-state index in [1.54, 1.807) is 24.3 Å². The van der Waals surface area contributed by atoms with Crippen LogP contribution in [0.3, 0.4) is 0 Å². The van der Waals surface area contributed by atoms with Gasteiger partial charge in [-0.05, 0) is 132 Å². The molecule has 0 amide bonds. The third kappa shape index (κ3) is 3.88. The molecule has 8 rings (SSSR count). The minimum atomic E-state index is -0.294. The van der Waals surface area contributed by atoms with Crippen molar-refractivity contribution in [3.8, 4) is 11.1 Å². The topological polar surface area (TPSA) is 3.24 Å². The molecule has 0 saturated heterocycles. The van der Waals surface area contributed by atoms with Gasteiger partial charge in [-0.25, -0.2) is 8.78 Å².